The van der Waals surface area contributed by atoms with Gasteiger partial charge >= 0.3 is 0 Å². The Balaban J connectivity index is 1.83. The van der Waals surface area contributed by atoms with E-state index in [-0.39, 0.29) is 11.1 Å². The number of halogens is 1. The highest BCUT2D eigenvalue weighted by Gasteiger charge is 2.17. The summed E-state index contributed by atoms with van der Waals surface area (Å²) in [7, 11) is 0. The van der Waals surface area contributed by atoms with Crippen LogP contribution in [0.2, 0.25) is 0 Å². The van der Waals surface area contributed by atoms with E-state index in [1.807, 2.05) is 30.3 Å². The molecule has 122 valence electrons. The normalized spacial score (nSPS) is 14.1. The van der Waals surface area contributed by atoms with Gasteiger partial charge in [-0.3, -0.25) is 4.79 Å². The van der Waals surface area contributed by atoms with Crippen molar-refractivity contribution in [2.75, 3.05) is 23.3 Å². The van der Waals surface area contributed by atoms with Crippen LogP contribution in [0.4, 0.5) is 15.8 Å². The number of benzene rings is 2. The van der Waals surface area contributed by atoms with Crippen molar-refractivity contribution < 1.29 is 9.18 Å². The number of nitrogens with zero attached hydrogens (tertiary/aromatic N) is 2. The highest BCUT2D eigenvalue weighted by molar-refractivity contribution is 6.06. The van der Waals surface area contributed by atoms with Crippen molar-refractivity contribution in [1.29, 1.82) is 5.26 Å². The summed E-state index contributed by atoms with van der Waals surface area (Å²) in [4.78, 5) is 14.7. The van der Waals surface area contributed by atoms with Gasteiger partial charge in [-0.1, -0.05) is 12.1 Å². The van der Waals surface area contributed by atoms with Crippen LogP contribution in [0, 0.1) is 17.1 Å². The number of amides is 1. The third kappa shape index (κ3) is 3.38. The number of nitriles is 1. The number of carbonyl (C=O) groups is 1. The summed E-state index contributed by atoms with van der Waals surface area (Å²) in [5.74, 6) is -1.21. The molecule has 0 unspecified atom stereocenters. The van der Waals surface area contributed by atoms with Crippen LogP contribution in [0.5, 0.6) is 0 Å². The molecule has 4 nitrogen and oxygen atoms in total. The van der Waals surface area contributed by atoms with Crippen molar-refractivity contribution in [2.45, 2.75) is 19.3 Å². The number of hydrogen-bond donors (Lipinski definition) is 1. The maximum atomic E-state index is 14.0. The van der Waals surface area contributed by atoms with E-state index < -0.39 is 11.7 Å². The number of piperidine rings is 1. The quantitative estimate of drug-likeness (QED) is 0.931. The Hall–Kier alpha value is -2.87. The molecular weight excluding hydrogens is 305 g/mol. The van der Waals surface area contributed by atoms with Gasteiger partial charge in [0.05, 0.1) is 28.6 Å². The molecule has 0 aliphatic carbocycles. The first-order valence-corrected chi connectivity index (χ1v) is 8.04. The van der Waals surface area contributed by atoms with E-state index in [0.29, 0.717) is 5.69 Å². The van der Waals surface area contributed by atoms with Crippen molar-refractivity contribution in [1.82, 2.24) is 0 Å². The van der Waals surface area contributed by atoms with E-state index in [1.165, 1.54) is 18.6 Å². The average Bonchev–Trinajstić information content (AvgIpc) is 2.62. The van der Waals surface area contributed by atoms with E-state index >= 15 is 0 Å². The molecule has 0 atom stereocenters. The second-order valence-electron chi connectivity index (χ2n) is 5.83. The number of anilines is 2. The molecule has 1 amide bonds. The minimum Gasteiger partial charge on any atom is -0.370 e. The first kappa shape index (κ1) is 16.0. The van der Waals surface area contributed by atoms with Crippen molar-refractivity contribution in [3.8, 4) is 6.07 Å². The molecule has 5 heteroatoms. The Morgan fingerprint density at radius 3 is 2.58 bits per heavy atom. The first-order chi connectivity index (χ1) is 11.7. The Morgan fingerprint density at radius 1 is 1.12 bits per heavy atom. The number of para-hydroxylation sites is 2. The average molecular weight is 323 g/mol. The van der Waals surface area contributed by atoms with Gasteiger partial charge < -0.3 is 10.2 Å². The second kappa shape index (κ2) is 7.14. The number of nitrogens with one attached hydrogen (secondary N) is 1. The molecule has 1 aliphatic rings. The number of rotatable bonds is 3. The van der Waals surface area contributed by atoms with Crippen molar-refractivity contribution >= 4 is 17.3 Å². The Kier molecular flexibility index (Phi) is 4.76. The zero-order valence-corrected chi connectivity index (χ0v) is 13.3. The molecule has 0 radical (unpaired) electrons. The summed E-state index contributed by atoms with van der Waals surface area (Å²) < 4.78 is 14.0. The van der Waals surface area contributed by atoms with Crippen LogP contribution in [0.3, 0.4) is 0 Å². The topological polar surface area (TPSA) is 56.1 Å². The van der Waals surface area contributed by atoms with E-state index in [0.717, 1.165) is 37.7 Å². The molecular formula is C19H18FN3O. The van der Waals surface area contributed by atoms with Gasteiger partial charge in [-0.05, 0) is 49.6 Å². The maximum Gasteiger partial charge on any atom is 0.258 e. The van der Waals surface area contributed by atoms with Gasteiger partial charge in [0.25, 0.3) is 5.91 Å². The summed E-state index contributed by atoms with van der Waals surface area (Å²) in [6, 6.07) is 13.3. The highest BCUT2D eigenvalue weighted by Crippen LogP contribution is 2.28. The molecule has 1 aliphatic heterocycles. The summed E-state index contributed by atoms with van der Waals surface area (Å²) in [5.41, 5.74) is 1.76. The SMILES string of the molecule is N#Cc1ccc(C(=O)Nc2ccccc2N2CCCCC2)c(F)c1. The molecule has 2 aromatic carbocycles. The van der Waals surface area contributed by atoms with Gasteiger partial charge in [-0.25, -0.2) is 4.39 Å². The minimum absolute atomic E-state index is 0.0672. The van der Waals surface area contributed by atoms with Crippen LogP contribution >= 0.6 is 0 Å². The lowest BCUT2D eigenvalue weighted by molar-refractivity contribution is 0.102. The maximum absolute atomic E-state index is 14.0. The molecule has 1 fully saturated rings. The molecule has 1 heterocycles. The molecule has 2 aromatic rings. The first-order valence-electron chi connectivity index (χ1n) is 8.04. The van der Waals surface area contributed by atoms with Crippen LogP contribution in [0.15, 0.2) is 42.5 Å². The van der Waals surface area contributed by atoms with Crippen LogP contribution in [0.25, 0.3) is 0 Å². The summed E-state index contributed by atoms with van der Waals surface area (Å²) >= 11 is 0. The molecule has 1 saturated heterocycles. The Labute approximate surface area is 140 Å². The summed E-state index contributed by atoms with van der Waals surface area (Å²) in [5, 5.41) is 11.6. The molecule has 0 saturated carbocycles. The van der Waals surface area contributed by atoms with Crippen LogP contribution in [-0.4, -0.2) is 19.0 Å². The van der Waals surface area contributed by atoms with Gasteiger partial charge in [-0.2, -0.15) is 5.26 Å². The standard InChI is InChI=1S/C19H18FN3O/c20-16-12-14(13-21)8-9-15(16)19(24)22-17-6-2-3-7-18(17)23-10-4-1-5-11-23/h2-3,6-9,12H,1,4-5,10-11H2,(H,22,24). The van der Waals surface area contributed by atoms with Crippen LogP contribution in [0.1, 0.15) is 35.2 Å². The zero-order chi connectivity index (χ0) is 16.9. The molecule has 0 bridgehead atoms. The highest BCUT2D eigenvalue weighted by atomic mass is 19.1. The lowest BCUT2D eigenvalue weighted by Crippen LogP contribution is -2.30. The van der Waals surface area contributed by atoms with E-state index in [1.54, 1.807) is 0 Å². The lowest BCUT2D eigenvalue weighted by atomic mass is 10.1. The van der Waals surface area contributed by atoms with Gasteiger partial charge in [0.15, 0.2) is 0 Å². The Bertz CT molecular complexity index is 791. The summed E-state index contributed by atoms with van der Waals surface area (Å²) in [6.07, 6.45) is 3.49. The minimum atomic E-state index is -0.693. The van der Waals surface area contributed by atoms with Crippen LogP contribution < -0.4 is 10.2 Å². The third-order valence-electron chi connectivity index (χ3n) is 4.19. The smallest absolute Gasteiger partial charge is 0.258 e. The Morgan fingerprint density at radius 2 is 1.88 bits per heavy atom. The van der Waals surface area contributed by atoms with Gasteiger partial charge in [0.1, 0.15) is 5.82 Å². The summed E-state index contributed by atoms with van der Waals surface area (Å²) in [6.45, 7) is 1.91. The van der Waals surface area contributed by atoms with E-state index in [2.05, 4.69) is 10.2 Å². The fourth-order valence-corrected chi connectivity index (χ4v) is 2.95. The zero-order valence-electron chi connectivity index (χ0n) is 13.3. The fourth-order valence-electron chi connectivity index (χ4n) is 2.95. The number of carbonyl (C=O) groups excluding carboxylic acids is 1. The molecule has 3 rings (SSSR count). The molecule has 0 spiro atoms. The van der Waals surface area contributed by atoms with Crippen molar-refractivity contribution in [3.63, 3.8) is 0 Å². The second-order valence-corrected chi connectivity index (χ2v) is 5.83. The molecule has 24 heavy (non-hydrogen) atoms. The predicted octanol–water partition coefficient (Wildman–Crippen LogP) is 3.94. The van der Waals surface area contributed by atoms with Gasteiger partial charge in [-0.15, -0.1) is 0 Å². The number of hydrogen-bond acceptors (Lipinski definition) is 3. The van der Waals surface area contributed by atoms with Crippen LogP contribution in [-0.2, 0) is 0 Å². The predicted molar refractivity (Wildman–Crippen MR) is 91.6 cm³/mol. The van der Waals surface area contributed by atoms with Crippen molar-refractivity contribution in [2.24, 2.45) is 0 Å². The van der Waals surface area contributed by atoms with E-state index in [9.17, 15) is 9.18 Å². The monoisotopic (exact) mass is 323 g/mol. The third-order valence-corrected chi connectivity index (χ3v) is 4.19. The van der Waals surface area contributed by atoms with Gasteiger partial charge in [0, 0.05) is 13.1 Å². The largest absolute Gasteiger partial charge is 0.370 e. The van der Waals surface area contributed by atoms with Crippen molar-refractivity contribution in [3.05, 3.63) is 59.4 Å². The fraction of sp³-hybridized carbons (Fsp3) is 0.263. The lowest BCUT2D eigenvalue weighted by Gasteiger charge is -2.30. The van der Waals surface area contributed by atoms with E-state index in [4.69, 9.17) is 5.26 Å². The van der Waals surface area contributed by atoms with Gasteiger partial charge in [0.2, 0.25) is 0 Å². The molecule has 0 aromatic heterocycles. The molecule has 1 N–H and O–H groups in total.